The number of hydrogen-bond acceptors (Lipinski definition) is 3. The smallest absolute Gasteiger partial charge is 0.0537 e. The van der Waals surface area contributed by atoms with Crippen molar-refractivity contribution in [1.29, 1.82) is 0 Å². The van der Waals surface area contributed by atoms with Crippen LogP contribution in [-0.2, 0) is 13.6 Å². The first-order chi connectivity index (χ1) is 8.75. The molecule has 0 aromatic carbocycles. The largest absolute Gasteiger partial charge is 0.290 e. The average Bonchev–Trinajstić information content (AvgIpc) is 3.06. The summed E-state index contributed by atoms with van der Waals surface area (Å²) in [5, 5.41) is 11.5. The van der Waals surface area contributed by atoms with Gasteiger partial charge in [-0.1, -0.05) is 0 Å². The Balaban J connectivity index is 1.78. The zero-order valence-electron chi connectivity index (χ0n) is 10.9. The van der Waals surface area contributed by atoms with Gasteiger partial charge in [0.1, 0.15) is 0 Å². The molecule has 0 saturated carbocycles. The van der Waals surface area contributed by atoms with Gasteiger partial charge < -0.3 is 0 Å². The van der Waals surface area contributed by atoms with Crippen LogP contribution in [0.3, 0.4) is 0 Å². The minimum atomic E-state index is 0.479. The van der Waals surface area contributed by atoms with Gasteiger partial charge in [0.2, 0.25) is 0 Å². The molecule has 1 saturated heterocycles. The highest BCUT2D eigenvalue weighted by Crippen LogP contribution is 2.32. The van der Waals surface area contributed by atoms with Gasteiger partial charge in [0.15, 0.2) is 0 Å². The lowest BCUT2D eigenvalue weighted by Gasteiger charge is -2.23. The first-order valence-corrected chi connectivity index (χ1v) is 6.46. The van der Waals surface area contributed by atoms with Crippen LogP contribution < -0.4 is 0 Å². The monoisotopic (exact) mass is 245 g/mol. The van der Waals surface area contributed by atoms with E-state index in [-0.39, 0.29) is 0 Å². The lowest BCUT2D eigenvalue weighted by molar-refractivity contribution is 0.244. The van der Waals surface area contributed by atoms with Crippen LogP contribution >= 0.6 is 0 Å². The number of rotatable bonds is 3. The molecule has 1 aliphatic rings. The Morgan fingerprint density at radius 2 is 2.39 bits per heavy atom. The van der Waals surface area contributed by atoms with E-state index in [4.69, 9.17) is 0 Å². The molecule has 2 aromatic rings. The molecule has 1 atom stereocenters. The molecular formula is C13H19N5. The fourth-order valence-corrected chi connectivity index (χ4v) is 2.74. The van der Waals surface area contributed by atoms with Crippen molar-refractivity contribution in [2.45, 2.75) is 32.4 Å². The van der Waals surface area contributed by atoms with Gasteiger partial charge in [0.25, 0.3) is 0 Å². The van der Waals surface area contributed by atoms with Crippen molar-refractivity contribution < 1.29 is 0 Å². The van der Waals surface area contributed by atoms with Crippen molar-refractivity contribution >= 4 is 0 Å². The van der Waals surface area contributed by atoms with Crippen LogP contribution in [0.4, 0.5) is 0 Å². The molecule has 0 bridgehead atoms. The molecule has 2 aromatic heterocycles. The van der Waals surface area contributed by atoms with Gasteiger partial charge in [-0.05, 0) is 32.4 Å². The highest BCUT2D eigenvalue weighted by molar-refractivity contribution is 5.17. The third kappa shape index (κ3) is 1.95. The molecule has 1 fully saturated rings. The van der Waals surface area contributed by atoms with Crippen molar-refractivity contribution in [2.24, 2.45) is 7.05 Å². The summed E-state index contributed by atoms with van der Waals surface area (Å²) in [6.07, 6.45) is 6.28. The molecule has 5 nitrogen and oxygen atoms in total. The van der Waals surface area contributed by atoms with Gasteiger partial charge in [-0.25, -0.2) is 0 Å². The number of aryl methyl sites for hydroxylation is 1. The highest BCUT2D eigenvalue weighted by Gasteiger charge is 2.27. The van der Waals surface area contributed by atoms with Crippen LogP contribution in [0.2, 0.25) is 0 Å². The third-order valence-corrected chi connectivity index (χ3v) is 3.96. The molecule has 0 aliphatic carbocycles. The summed E-state index contributed by atoms with van der Waals surface area (Å²) in [5.41, 5.74) is 3.81. The SMILES string of the molecule is Cc1c(CN2CCC[C@H]2c2ccn[nH]2)cnn1C. The maximum absolute atomic E-state index is 4.32. The Kier molecular flexibility index (Phi) is 2.91. The molecule has 5 heteroatoms. The van der Waals surface area contributed by atoms with Gasteiger partial charge in [0, 0.05) is 31.0 Å². The van der Waals surface area contributed by atoms with Gasteiger partial charge in [0.05, 0.1) is 17.9 Å². The summed E-state index contributed by atoms with van der Waals surface area (Å²) in [6, 6.07) is 2.56. The highest BCUT2D eigenvalue weighted by atomic mass is 15.3. The van der Waals surface area contributed by atoms with Gasteiger partial charge >= 0.3 is 0 Å². The van der Waals surface area contributed by atoms with Crippen molar-refractivity contribution in [1.82, 2.24) is 24.9 Å². The fourth-order valence-electron chi connectivity index (χ4n) is 2.74. The number of nitrogens with one attached hydrogen (secondary N) is 1. The Morgan fingerprint density at radius 3 is 3.06 bits per heavy atom. The number of aromatic nitrogens is 4. The number of H-pyrrole nitrogens is 1. The first kappa shape index (κ1) is 11.5. The van der Waals surface area contributed by atoms with Crippen LogP contribution in [0, 0.1) is 6.92 Å². The van der Waals surface area contributed by atoms with Crippen LogP contribution in [-0.4, -0.2) is 31.4 Å². The summed E-state index contributed by atoms with van der Waals surface area (Å²) in [5.74, 6) is 0. The number of likely N-dealkylation sites (tertiary alicyclic amines) is 1. The summed E-state index contributed by atoms with van der Waals surface area (Å²) in [4.78, 5) is 2.51. The predicted molar refractivity (Wildman–Crippen MR) is 68.9 cm³/mol. The standard InChI is InChI=1S/C13H19N5/c1-10-11(8-15-17(10)2)9-18-7-3-4-13(18)12-5-6-14-16-12/h5-6,8,13H,3-4,7,9H2,1-2H3,(H,14,16)/t13-/m0/s1. The molecule has 0 radical (unpaired) electrons. The second-order valence-corrected chi connectivity index (χ2v) is 5.02. The van der Waals surface area contributed by atoms with Crippen molar-refractivity contribution in [3.63, 3.8) is 0 Å². The lowest BCUT2D eigenvalue weighted by atomic mass is 10.1. The van der Waals surface area contributed by atoms with E-state index >= 15 is 0 Å². The molecule has 0 amide bonds. The van der Waals surface area contributed by atoms with Crippen molar-refractivity contribution in [2.75, 3.05) is 6.54 Å². The quantitative estimate of drug-likeness (QED) is 0.897. The Hall–Kier alpha value is -1.62. The summed E-state index contributed by atoms with van der Waals surface area (Å²) >= 11 is 0. The zero-order chi connectivity index (χ0) is 12.5. The summed E-state index contributed by atoms with van der Waals surface area (Å²) in [6.45, 7) is 4.25. The van der Waals surface area contributed by atoms with E-state index < -0.39 is 0 Å². The van der Waals surface area contributed by atoms with Gasteiger partial charge in [-0.2, -0.15) is 10.2 Å². The molecule has 3 rings (SSSR count). The fraction of sp³-hybridized carbons (Fsp3) is 0.538. The van der Waals surface area contributed by atoms with Crippen LogP contribution in [0.15, 0.2) is 18.5 Å². The van der Waals surface area contributed by atoms with Crippen molar-refractivity contribution in [3.8, 4) is 0 Å². The van der Waals surface area contributed by atoms with E-state index in [9.17, 15) is 0 Å². The maximum atomic E-state index is 4.32. The van der Waals surface area contributed by atoms with E-state index in [2.05, 4.69) is 33.2 Å². The van der Waals surface area contributed by atoms with E-state index in [1.165, 1.54) is 29.8 Å². The Bertz CT molecular complexity index is 513. The van der Waals surface area contributed by atoms with Crippen molar-refractivity contribution in [3.05, 3.63) is 35.4 Å². The van der Waals surface area contributed by atoms with Crippen LogP contribution in [0.5, 0.6) is 0 Å². The molecular weight excluding hydrogens is 226 g/mol. The minimum Gasteiger partial charge on any atom is -0.290 e. The molecule has 1 N–H and O–H groups in total. The van der Waals surface area contributed by atoms with Gasteiger partial charge in [-0.15, -0.1) is 0 Å². The number of hydrogen-bond donors (Lipinski definition) is 1. The second-order valence-electron chi connectivity index (χ2n) is 5.02. The first-order valence-electron chi connectivity index (χ1n) is 6.46. The average molecular weight is 245 g/mol. The minimum absolute atomic E-state index is 0.479. The molecule has 18 heavy (non-hydrogen) atoms. The van der Waals surface area contributed by atoms with Gasteiger partial charge in [-0.3, -0.25) is 14.7 Å². The molecule has 0 unspecified atom stereocenters. The number of nitrogens with zero attached hydrogens (tertiary/aromatic N) is 4. The zero-order valence-corrected chi connectivity index (χ0v) is 10.9. The van der Waals surface area contributed by atoms with E-state index in [1.807, 2.05) is 24.1 Å². The molecule has 96 valence electrons. The summed E-state index contributed by atoms with van der Waals surface area (Å²) < 4.78 is 1.94. The molecule has 3 heterocycles. The second kappa shape index (κ2) is 4.57. The van der Waals surface area contributed by atoms with E-state index in [0.29, 0.717) is 6.04 Å². The number of aromatic amines is 1. The topological polar surface area (TPSA) is 49.7 Å². The third-order valence-electron chi connectivity index (χ3n) is 3.96. The Morgan fingerprint density at radius 1 is 1.50 bits per heavy atom. The predicted octanol–water partition coefficient (Wildman–Crippen LogP) is 1.79. The molecule has 0 spiro atoms. The van der Waals surface area contributed by atoms with E-state index in [1.54, 1.807) is 0 Å². The summed E-state index contributed by atoms with van der Waals surface area (Å²) in [7, 11) is 2.00. The van der Waals surface area contributed by atoms with E-state index in [0.717, 1.165) is 13.1 Å². The van der Waals surface area contributed by atoms with Crippen LogP contribution in [0.25, 0.3) is 0 Å². The lowest BCUT2D eigenvalue weighted by Crippen LogP contribution is -2.23. The normalized spacial score (nSPS) is 20.7. The molecule has 1 aliphatic heterocycles. The Labute approximate surface area is 107 Å². The maximum Gasteiger partial charge on any atom is 0.0537 e. The van der Waals surface area contributed by atoms with Crippen LogP contribution in [0.1, 0.15) is 35.8 Å².